The van der Waals surface area contributed by atoms with E-state index in [1.807, 2.05) is 0 Å². The van der Waals surface area contributed by atoms with Crippen LogP contribution in [-0.4, -0.2) is 32.0 Å². The Balaban J connectivity index is 1.84. The Bertz CT molecular complexity index is 522. The van der Waals surface area contributed by atoms with Crippen molar-refractivity contribution < 1.29 is 19.1 Å². The molecule has 0 spiro atoms. The van der Waals surface area contributed by atoms with Crippen LogP contribution in [0.5, 0.6) is 11.5 Å². The van der Waals surface area contributed by atoms with Gasteiger partial charge < -0.3 is 14.8 Å². The number of carbonyl (C=O) groups excluding carboxylic acids is 2. The molecule has 0 aliphatic heterocycles. The van der Waals surface area contributed by atoms with Gasteiger partial charge in [0, 0.05) is 11.6 Å². The number of aldehydes is 1. The summed E-state index contributed by atoms with van der Waals surface area (Å²) in [4.78, 5) is 22.8. The van der Waals surface area contributed by atoms with Gasteiger partial charge in [0.1, 0.15) is 6.29 Å². The van der Waals surface area contributed by atoms with Gasteiger partial charge in [0.2, 0.25) is 0 Å². The summed E-state index contributed by atoms with van der Waals surface area (Å²) in [6, 6.07) is 5.13. The molecule has 5 heteroatoms. The van der Waals surface area contributed by atoms with Gasteiger partial charge in [-0.15, -0.1) is 0 Å². The lowest BCUT2D eigenvalue weighted by atomic mass is 9.97. The summed E-state index contributed by atoms with van der Waals surface area (Å²) in [5, 5.41) is 3.06. The molecule has 1 amide bonds. The molecule has 1 fully saturated rings. The van der Waals surface area contributed by atoms with Crippen LogP contribution in [0.25, 0.3) is 0 Å². The monoisotopic (exact) mass is 319 g/mol. The minimum atomic E-state index is -0.114. The SMILES string of the molecule is COc1cc(C=O)ccc1OCC(=O)NC1CCCCCCC1. The number of hydrogen-bond donors (Lipinski definition) is 1. The zero-order valence-corrected chi connectivity index (χ0v) is 13.7. The zero-order valence-electron chi connectivity index (χ0n) is 13.7. The normalized spacial score (nSPS) is 16.0. The average Bonchev–Trinajstić information content (AvgIpc) is 2.55. The van der Waals surface area contributed by atoms with Gasteiger partial charge in [-0.1, -0.05) is 32.1 Å². The van der Waals surface area contributed by atoms with Gasteiger partial charge in [0.05, 0.1) is 7.11 Å². The summed E-state index contributed by atoms with van der Waals surface area (Å²) in [7, 11) is 1.51. The topological polar surface area (TPSA) is 64.6 Å². The maximum Gasteiger partial charge on any atom is 0.258 e. The van der Waals surface area contributed by atoms with Crippen LogP contribution in [0, 0.1) is 0 Å². The molecule has 0 saturated heterocycles. The van der Waals surface area contributed by atoms with E-state index in [-0.39, 0.29) is 18.6 Å². The van der Waals surface area contributed by atoms with Crippen LogP contribution in [0.15, 0.2) is 18.2 Å². The molecule has 1 aliphatic carbocycles. The van der Waals surface area contributed by atoms with Crippen molar-refractivity contribution in [2.75, 3.05) is 13.7 Å². The van der Waals surface area contributed by atoms with Crippen LogP contribution in [0.4, 0.5) is 0 Å². The highest BCUT2D eigenvalue weighted by Crippen LogP contribution is 2.27. The number of hydrogen-bond acceptors (Lipinski definition) is 4. The number of amides is 1. The van der Waals surface area contributed by atoms with Crippen molar-refractivity contribution in [3.8, 4) is 11.5 Å². The Morgan fingerprint density at radius 2 is 1.87 bits per heavy atom. The Kier molecular flexibility index (Phi) is 6.91. The fourth-order valence-electron chi connectivity index (χ4n) is 2.89. The van der Waals surface area contributed by atoms with E-state index in [4.69, 9.17) is 9.47 Å². The second-order valence-electron chi connectivity index (χ2n) is 5.93. The maximum atomic E-state index is 12.1. The van der Waals surface area contributed by atoms with E-state index in [0.29, 0.717) is 17.1 Å². The predicted molar refractivity (Wildman–Crippen MR) is 88.1 cm³/mol. The number of benzene rings is 1. The van der Waals surface area contributed by atoms with Gasteiger partial charge in [0.25, 0.3) is 5.91 Å². The van der Waals surface area contributed by atoms with Crippen molar-refractivity contribution in [2.24, 2.45) is 0 Å². The molecule has 1 N–H and O–H groups in total. The van der Waals surface area contributed by atoms with Gasteiger partial charge >= 0.3 is 0 Å². The highest BCUT2D eigenvalue weighted by Gasteiger charge is 2.15. The van der Waals surface area contributed by atoms with Crippen LogP contribution in [-0.2, 0) is 4.79 Å². The molecule has 2 rings (SSSR count). The third-order valence-electron chi connectivity index (χ3n) is 4.15. The smallest absolute Gasteiger partial charge is 0.258 e. The molecule has 1 saturated carbocycles. The lowest BCUT2D eigenvalue weighted by molar-refractivity contribution is -0.123. The predicted octanol–water partition coefficient (Wildman–Crippen LogP) is 3.12. The van der Waals surface area contributed by atoms with E-state index in [1.165, 1.54) is 39.2 Å². The van der Waals surface area contributed by atoms with Gasteiger partial charge in [-0.3, -0.25) is 9.59 Å². The molecule has 0 bridgehead atoms. The molecule has 1 aromatic rings. The third kappa shape index (κ3) is 5.58. The first kappa shape index (κ1) is 17.3. The summed E-state index contributed by atoms with van der Waals surface area (Å²) in [5.74, 6) is 0.802. The molecule has 5 nitrogen and oxygen atoms in total. The third-order valence-corrected chi connectivity index (χ3v) is 4.15. The molecule has 0 atom stereocenters. The summed E-state index contributed by atoms with van der Waals surface area (Å²) < 4.78 is 10.7. The Hall–Kier alpha value is -2.04. The van der Waals surface area contributed by atoms with E-state index in [2.05, 4.69) is 5.32 Å². The van der Waals surface area contributed by atoms with Crippen LogP contribution in [0.2, 0.25) is 0 Å². The number of rotatable bonds is 6. The van der Waals surface area contributed by atoms with E-state index >= 15 is 0 Å². The number of nitrogens with one attached hydrogen (secondary N) is 1. The zero-order chi connectivity index (χ0) is 16.5. The molecule has 0 radical (unpaired) electrons. The summed E-state index contributed by atoms with van der Waals surface area (Å²) >= 11 is 0. The largest absolute Gasteiger partial charge is 0.493 e. The molecule has 126 valence electrons. The molecule has 1 aromatic carbocycles. The van der Waals surface area contributed by atoms with E-state index < -0.39 is 0 Å². The lowest BCUT2D eigenvalue weighted by Crippen LogP contribution is -2.38. The highest BCUT2D eigenvalue weighted by molar-refractivity contribution is 5.78. The van der Waals surface area contributed by atoms with Crippen molar-refractivity contribution in [1.82, 2.24) is 5.32 Å². The number of ether oxygens (including phenoxy) is 2. The first-order chi connectivity index (χ1) is 11.2. The molecule has 0 heterocycles. The van der Waals surface area contributed by atoms with E-state index in [0.717, 1.165) is 19.1 Å². The maximum absolute atomic E-state index is 12.1. The quantitative estimate of drug-likeness (QED) is 0.818. The Labute approximate surface area is 137 Å². The second kappa shape index (κ2) is 9.18. The summed E-state index contributed by atoms with van der Waals surface area (Å²) in [6.45, 7) is -0.0483. The van der Waals surface area contributed by atoms with Crippen molar-refractivity contribution in [1.29, 1.82) is 0 Å². The van der Waals surface area contributed by atoms with Gasteiger partial charge in [-0.2, -0.15) is 0 Å². The number of methoxy groups -OCH3 is 1. The molecular formula is C18H25NO4. The molecule has 0 unspecified atom stereocenters. The fraction of sp³-hybridized carbons (Fsp3) is 0.556. The first-order valence-electron chi connectivity index (χ1n) is 8.28. The van der Waals surface area contributed by atoms with Gasteiger partial charge in [-0.05, 0) is 31.0 Å². The van der Waals surface area contributed by atoms with E-state index in [1.54, 1.807) is 18.2 Å². The van der Waals surface area contributed by atoms with Gasteiger partial charge in [0.15, 0.2) is 18.1 Å². The molecular weight excluding hydrogens is 294 g/mol. The summed E-state index contributed by atoms with van der Waals surface area (Å²) in [5.41, 5.74) is 0.508. The first-order valence-corrected chi connectivity index (χ1v) is 8.28. The van der Waals surface area contributed by atoms with Gasteiger partial charge in [-0.25, -0.2) is 0 Å². The van der Waals surface area contributed by atoms with Crippen LogP contribution in [0.3, 0.4) is 0 Å². The minimum absolute atomic E-state index is 0.0483. The van der Waals surface area contributed by atoms with Crippen molar-refractivity contribution in [3.05, 3.63) is 23.8 Å². The summed E-state index contributed by atoms with van der Waals surface area (Å²) in [6.07, 6.45) is 8.99. The molecule has 23 heavy (non-hydrogen) atoms. The number of carbonyl (C=O) groups is 2. The molecule has 1 aliphatic rings. The van der Waals surface area contributed by atoms with Crippen molar-refractivity contribution in [3.63, 3.8) is 0 Å². The van der Waals surface area contributed by atoms with Crippen molar-refractivity contribution in [2.45, 2.75) is 51.0 Å². The Morgan fingerprint density at radius 3 is 2.52 bits per heavy atom. The minimum Gasteiger partial charge on any atom is -0.493 e. The second-order valence-corrected chi connectivity index (χ2v) is 5.93. The van der Waals surface area contributed by atoms with Crippen LogP contribution >= 0.6 is 0 Å². The lowest BCUT2D eigenvalue weighted by Gasteiger charge is -2.21. The Morgan fingerprint density at radius 1 is 1.17 bits per heavy atom. The van der Waals surface area contributed by atoms with Crippen LogP contribution in [0.1, 0.15) is 55.3 Å². The average molecular weight is 319 g/mol. The van der Waals surface area contributed by atoms with Crippen LogP contribution < -0.4 is 14.8 Å². The van der Waals surface area contributed by atoms with Crippen molar-refractivity contribution >= 4 is 12.2 Å². The standard InChI is InChI=1S/C18H25NO4/c1-22-17-11-14(12-20)9-10-16(17)23-13-18(21)19-15-7-5-3-2-4-6-8-15/h9-12,15H,2-8,13H2,1H3,(H,19,21). The fourth-order valence-corrected chi connectivity index (χ4v) is 2.89. The molecule has 0 aromatic heterocycles. The highest BCUT2D eigenvalue weighted by atomic mass is 16.5. The van der Waals surface area contributed by atoms with E-state index in [9.17, 15) is 9.59 Å².